The Balaban J connectivity index is 1.49. The van der Waals surface area contributed by atoms with Crippen LogP contribution < -0.4 is 5.32 Å². The third kappa shape index (κ3) is 3.38. The normalized spacial score (nSPS) is 13.3. The molecule has 3 aromatic rings. The molecule has 1 aliphatic heterocycles. The second kappa shape index (κ2) is 7.19. The molecule has 0 saturated carbocycles. The first-order valence-corrected chi connectivity index (χ1v) is 10.1. The zero-order chi connectivity index (χ0) is 18.1. The third-order valence-electron chi connectivity index (χ3n) is 4.13. The zero-order valence-electron chi connectivity index (χ0n) is 13.6. The van der Waals surface area contributed by atoms with Gasteiger partial charge < -0.3 is 4.90 Å². The summed E-state index contributed by atoms with van der Waals surface area (Å²) in [6.45, 7) is 1.06. The van der Waals surface area contributed by atoms with Crippen molar-refractivity contribution in [2.45, 2.75) is 13.0 Å². The van der Waals surface area contributed by atoms with Crippen molar-refractivity contribution >= 4 is 51.2 Å². The predicted molar refractivity (Wildman–Crippen MR) is 104 cm³/mol. The molecule has 1 aliphatic rings. The van der Waals surface area contributed by atoms with Gasteiger partial charge in [-0.15, -0.1) is 0 Å². The quantitative estimate of drug-likeness (QED) is 0.708. The van der Waals surface area contributed by atoms with Gasteiger partial charge in [-0.05, 0) is 23.6 Å². The third-order valence-corrected chi connectivity index (χ3v) is 6.14. The Hall–Kier alpha value is -2.22. The number of carbonyl (C=O) groups is 2. The van der Waals surface area contributed by atoms with Crippen LogP contribution in [0.5, 0.6) is 0 Å². The van der Waals surface area contributed by atoms with Gasteiger partial charge in [0.25, 0.3) is 11.8 Å². The van der Waals surface area contributed by atoms with Gasteiger partial charge in [0.05, 0.1) is 28.4 Å². The molecule has 3 heterocycles. The van der Waals surface area contributed by atoms with Crippen molar-refractivity contribution in [2.24, 2.45) is 0 Å². The summed E-state index contributed by atoms with van der Waals surface area (Å²) in [5.74, 6) is -0.250. The van der Waals surface area contributed by atoms with E-state index in [-0.39, 0.29) is 11.8 Å². The minimum atomic E-state index is -0.165. The first kappa shape index (κ1) is 17.2. The summed E-state index contributed by atoms with van der Waals surface area (Å²) < 4.78 is 0. The number of carbonyl (C=O) groups excluding carboxylic acids is 2. The van der Waals surface area contributed by atoms with E-state index in [0.717, 1.165) is 10.6 Å². The molecule has 2 amide bonds. The topological polar surface area (TPSA) is 62.3 Å². The fourth-order valence-corrected chi connectivity index (χ4v) is 4.66. The number of hydrogen-bond acceptors (Lipinski definition) is 5. The Morgan fingerprint density at radius 1 is 1.23 bits per heavy atom. The average Bonchev–Trinajstić information content (AvgIpc) is 3.30. The molecule has 0 bridgehead atoms. The molecule has 132 valence electrons. The van der Waals surface area contributed by atoms with Gasteiger partial charge in [0, 0.05) is 23.2 Å². The summed E-state index contributed by atoms with van der Waals surface area (Å²) >= 11 is 9.04. The second-order valence-electron chi connectivity index (χ2n) is 5.81. The van der Waals surface area contributed by atoms with Gasteiger partial charge in [-0.1, -0.05) is 35.1 Å². The number of thiazole rings is 1. The van der Waals surface area contributed by atoms with Crippen LogP contribution in [0.2, 0.25) is 5.02 Å². The number of nitrogens with zero attached hydrogens (tertiary/aromatic N) is 2. The lowest BCUT2D eigenvalue weighted by atomic mass is 10.1. The molecule has 8 heteroatoms. The van der Waals surface area contributed by atoms with Crippen LogP contribution in [-0.4, -0.2) is 28.2 Å². The Morgan fingerprint density at radius 2 is 2.08 bits per heavy atom. The van der Waals surface area contributed by atoms with Crippen LogP contribution in [0.1, 0.15) is 31.3 Å². The van der Waals surface area contributed by atoms with Crippen LogP contribution in [-0.2, 0) is 13.0 Å². The van der Waals surface area contributed by atoms with E-state index in [2.05, 4.69) is 10.3 Å². The smallest absolute Gasteiger partial charge is 0.258 e. The number of nitrogens with one attached hydrogen (secondary N) is 1. The van der Waals surface area contributed by atoms with Gasteiger partial charge in [-0.2, -0.15) is 11.3 Å². The molecule has 0 spiro atoms. The molecular formula is C18H14ClN3O2S2. The molecule has 5 nitrogen and oxygen atoms in total. The number of halogens is 1. The van der Waals surface area contributed by atoms with Crippen molar-refractivity contribution in [3.63, 3.8) is 0 Å². The molecule has 0 aliphatic carbocycles. The zero-order valence-corrected chi connectivity index (χ0v) is 16.0. The lowest BCUT2D eigenvalue weighted by Gasteiger charge is -2.26. The highest BCUT2D eigenvalue weighted by molar-refractivity contribution is 7.16. The molecule has 26 heavy (non-hydrogen) atoms. The molecule has 0 unspecified atom stereocenters. The van der Waals surface area contributed by atoms with Gasteiger partial charge in [0.15, 0.2) is 5.13 Å². The van der Waals surface area contributed by atoms with Crippen LogP contribution >= 0.6 is 34.3 Å². The number of rotatable bonds is 3. The molecular weight excluding hydrogens is 390 g/mol. The van der Waals surface area contributed by atoms with Crippen LogP contribution in [0.15, 0.2) is 41.1 Å². The van der Waals surface area contributed by atoms with Gasteiger partial charge in [-0.25, -0.2) is 4.98 Å². The number of aromatic nitrogens is 1. The summed E-state index contributed by atoms with van der Waals surface area (Å²) in [6, 6.07) is 8.84. The number of fused-ring (bicyclic) bond motifs is 1. The molecule has 0 atom stereocenters. The van der Waals surface area contributed by atoms with E-state index in [1.54, 1.807) is 40.6 Å². The average molecular weight is 404 g/mol. The molecule has 0 fully saturated rings. The molecule has 4 rings (SSSR count). The van der Waals surface area contributed by atoms with E-state index in [0.29, 0.717) is 40.8 Å². The minimum Gasteiger partial charge on any atom is -0.333 e. The SMILES string of the molecule is O=C(Nc1nc2c(s1)CN(C(=O)c1ccccc1Cl)CC2)c1ccsc1. The van der Waals surface area contributed by atoms with Crippen molar-refractivity contribution in [3.8, 4) is 0 Å². The van der Waals surface area contributed by atoms with Crippen LogP contribution in [0, 0.1) is 0 Å². The van der Waals surface area contributed by atoms with E-state index < -0.39 is 0 Å². The summed E-state index contributed by atoms with van der Waals surface area (Å²) in [5.41, 5.74) is 2.07. The van der Waals surface area contributed by atoms with Gasteiger partial charge in [0.2, 0.25) is 0 Å². The standard InChI is InChI=1S/C18H14ClN3O2S2/c19-13-4-2-1-3-12(13)17(24)22-7-5-14-15(9-22)26-18(20-14)21-16(23)11-6-8-25-10-11/h1-4,6,8,10H,5,7,9H2,(H,20,21,23). The fraction of sp³-hybridized carbons (Fsp3) is 0.167. The number of amides is 2. The highest BCUT2D eigenvalue weighted by atomic mass is 35.5. The van der Waals surface area contributed by atoms with Crippen molar-refractivity contribution in [1.82, 2.24) is 9.88 Å². The van der Waals surface area contributed by atoms with E-state index in [4.69, 9.17) is 11.6 Å². The highest BCUT2D eigenvalue weighted by Gasteiger charge is 2.26. The van der Waals surface area contributed by atoms with Gasteiger partial charge >= 0.3 is 0 Å². The first-order chi connectivity index (χ1) is 12.6. The largest absolute Gasteiger partial charge is 0.333 e. The van der Waals surface area contributed by atoms with E-state index in [1.807, 2.05) is 5.38 Å². The summed E-state index contributed by atoms with van der Waals surface area (Å²) in [7, 11) is 0. The summed E-state index contributed by atoms with van der Waals surface area (Å²) in [4.78, 5) is 32.2. The highest BCUT2D eigenvalue weighted by Crippen LogP contribution is 2.30. The summed E-state index contributed by atoms with van der Waals surface area (Å²) in [6.07, 6.45) is 0.663. The van der Waals surface area contributed by atoms with Crippen molar-refractivity contribution < 1.29 is 9.59 Å². The number of anilines is 1. The van der Waals surface area contributed by atoms with Crippen LogP contribution in [0.4, 0.5) is 5.13 Å². The van der Waals surface area contributed by atoms with Crippen LogP contribution in [0.25, 0.3) is 0 Å². The molecule has 2 aromatic heterocycles. The summed E-state index contributed by atoms with van der Waals surface area (Å²) in [5, 5.41) is 7.52. The Labute approximate surface area is 163 Å². The molecule has 1 N–H and O–H groups in total. The molecule has 1 aromatic carbocycles. The Kier molecular flexibility index (Phi) is 4.76. The van der Waals surface area contributed by atoms with E-state index in [9.17, 15) is 9.59 Å². The maximum atomic E-state index is 12.7. The second-order valence-corrected chi connectivity index (χ2v) is 8.08. The first-order valence-electron chi connectivity index (χ1n) is 7.98. The fourth-order valence-electron chi connectivity index (χ4n) is 2.79. The maximum absolute atomic E-state index is 12.7. The maximum Gasteiger partial charge on any atom is 0.258 e. The predicted octanol–water partition coefficient (Wildman–Crippen LogP) is 4.31. The monoisotopic (exact) mass is 403 g/mol. The number of hydrogen-bond donors (Lipinski definition) is 1. The Bertz CT molecular complexity index is 969. The minimum absolute atomic E-state index is 0.0847. The van der Waals surface area contributed by atoms with Gasteiger partial charge in [0.1, 0.15) is 0 Å². The number of benzene rings is 1. The lowest BCUT2D eigenvalue weighted by Crippen LogP contribution is -2.35. The van der Waals surface area contributed by atoms with Crippen molar-refractivity contribution in [2.75, 3.05) is 11.9 Å². The lowest BCUT2D eigenvalue weighted by molar-refractivity contribution is 0.0736. The molecule has 0 saturated heterocycles. The Morgan fingerprint density at radius 3 is 2.85 bits per heavy atom. The van der Waals surface area contributed by atoms with E-state index >= 15 is 0 Å². The van der Waals surface area contributed by atoms with Crippen molar-refractivity contribution in [1.29, 1.82) is 0 Å². The van der Waals surface area contributed by atoms with E-state index in [1.165, 1.54) is 22.7 Å². The number of thiophene rings is 1. The van der Waals surface area contributed by atoms with Gasteiger partial charge in [-0.3, -0.25) is 14.9 Å². The van der Waals surface area contributed by atoms with Crippen molar-refractivity contribution in [3.05, 3.63) is 67.8 Å². The molecule has 0 radical (unpaired) electrons. The van der Waals surface area contributed by atoms with Crippen LogP contribution in [0.3, 0.4) is 0 Å².